The number of hydrogen-bond acceptors (Lipinski definition) is 7. The van der Waals surface area contributed by atoms with Crippen molar-refractivity contribution in [2.75, 3.05) is 40.9 Å². The molecule has 0 radical (unpaired) electrons. The molecule has 1 amide bonds. The highest BCUT2D eigenvalue weighted by Gasteiger charge is 2.27. The summed E-state index contributed by atoms with van der Waals surface area (Å²) in [4.78, 5) is 40.3. The van der Waals surface area contributed by atoms with E-state index >= 15 is 0 Å². The molecule has 0 bridgehead atoms. The number of unbranched alkanes of at least 4 members (excludes halogenated alkanes) is 37. The van der Waals surface area contributed by atoms with E-state index in [0.29, 0.717) is 17.4 Å². The normalized spacial score (nSPS) is 14.1. The number of ether oxygens (including phenoxy) is 1. The van der Waals surface area contributed by atoms with E-state index in [9.17, 15) is 19.0 Å². The molecule has 0 aromatic carbocycles. The van der Waals surface area contributed by atoms with E-state index in [4.69, 9.17) is 13.8 Å². The number of phosphoric acid groups is 1. The summed E-state index contributed by atoms with van der Waals surface area (Å²) in [5, 5.41) is 3.05. The largest absolute Gasteiger partial charge is 0.756 e. The molecule has 9 nitrogen and oxygen atoms in total. The van der Waals surface area contributed by atoms with Gasteiger partial charge in [0.1, 0.15) is 19.3 Å². The van der Waals surface area contributed by atoms with Crippen LogP contribution < -0.4 is 10.2 Å². The quantitative estimate of drug-likeness (QED) is 0.0212. The number of nitrogens with one attached hydrogen (secondary N) is 1. The van der Waals surface area contributed by atoms with Crippen LogP contribution in [0.1, 0.15) is 342 Å². The average Bonchev–Trinajstić information content (AvgIpc) is 3.73. The van der Waals surface area contributed by atoms with Gasteiger partial charge >= 0.3 is 5.97 Å². The molecule has 91 heavy (non-hydrogen) atoms. The molecule has 3 atom stereocenters. The predicted octanol–water partition coefficient (Wildman–Crippen LogP) is 24.2. The number of nitrogens with zero attached hydrogens (tertiary/aromatic N) is 1. The smallest absolute Gasteiger partial charge is 0.306 e. The Morgan fingerprint density at radius 3 is 1.02 bits per heavy atom. The summed E-state index contributed by atoms with van der Waals surface area (Å²) in [5.74, 6) is -0.546. The van der Waals surface area contributed by atoms with E-state index < -0.39 is 26.6 Å². The number of rotatable bonds is 69. The van der Waals surface area contributed by atoms with Gasteiger partial charge in [0.05, 0.1) is 33.8 Å². The van der Waals surface area contributed by atoms with Gasteiger partial charge in [-0.3, -0.25) is 14.2 Å². The number of hydrogen-bond donors (Lipinski definition) is 1. The SMILES string of the molecule is CCCCC/C=C\C/C=C\C/C=C\C/C=C\CCCCCCCCCCCCCC(=O)OC(/C=C/CCCCCCCCCCCCC)C(COP(=O)([O-])OCC[N+](C)(C)C)NC(=O)CCCCCCCCCCC/C=C\C/C=C\C/C=C\C/C=C\CCCCC. The number of quaternary nitrogens is 1. The van der Waals surface area contributed by atoms with Crippen LogP contribution in [0.15, 0.2) is 109 Å². The van der Waals surface area contributed by atoms with Crippen LogP contribution in [0.2, 0.25) is 0 Å². The zero-order valence-corrected chi connectivity index (χ0v) is 61.2. The van der Waals surface area contributed by atoms with Crippen LogP contribution in [-0.2, 0) is 27.9 Å². The molecule has 0 heterocycles. The minimum atomic E-state index is -4.72. The number of phosphoric ester groups is 1. The molecule has 0 spiro atoms. The molecule has 526 valence electrons. The van der Waals surface area contributed by atoms with Crippen molar-refractivity contribution < 1.29 is 37.3 Å². The Labute approximate surface area is 563 Å². The summed E-state index contributed by atoms with van der Waals surface area (Å²) < 4.78 is 30.5. The van der Waals surface area contributed by atoms with E-state index in [-0.39, 0.29) is 24.9 Å². The van der Waals surface area contributed by atoms with Gasteiger partial charge in [-0.2, -0.15) is 0 Å². The maximum Gasteiger partial charge on any atom is 0.306 e. The van der Waals surface area contributed by atoms with Crippen molar-refractivity contribution in [3.63, 3.8) is 0 Å². The number of allylic oxidation sites excluding steroid dienone is 17. The number of amides is 1. The number of carbonyl (C=O) groups is 2. The number of likely N-dealkylation sites (N-methyl/N-ethyl adjacent to an activating group) is 1. The second-order valence-electron chi connectivity index (χ2n) is 26.8. The maximum absolute atomic E-state index is 13.6. The molecule has 10 heteroatoms. The molecule has 0 saturated carbocycles. The fraction of sp³-hybridized carbons (Fsp3) is 0.753. The highest BCUT2D eigenvalue weighted by Crippen LogP contribution is 2.38. The van der Waals surface area contributed by atoms with E-state index in [0.717, 1.165) is 116 Å². The lowest BCUT2D eigenvalue weighted by Gasteiger charge is -2.30. The summed E-state index contributed by atoms with van der Waals surface area (Å²) in [7, 11) is 1.17. The predicted molar refractivity (Wildman–Crippen MR) is 394 cm³/mol. The van der Waals surface area contributed by atoms with Crippen LogP contribution in [0.3, 0.4) is 0 Å². The van der Waals surface area contributed by atoms with Gasteiger partial charge in [0.2, 0.25) is 5.91 Å². The molecule has 0 aromatic heterocycles. The average molecular weight is 1290 g/mol. The summed E-state index contributed by atoms with van der Waals surface area (Å²) in [5.41, 5.74) is 0. The fourth-order valence-electron chi connectivity index (χ4n) is 10.8. The minimum absolute atomic E-state index is 0.0282. The van der Waals surface area contributed by atoms with E-state index in [1.54, 1.807) is 0 Å². The minimum Gasteiger partial charge on any atom is -0.756 e. The number of carbonyl (C=O) groups excluding carboxylic acids is 2. The Morgan fingerprint density at radius 1 is 0.385 bits per heavy atom. The van der Waals surface area contributed by atoms with Crippen molar-refractivity contribution in [1.29, 1.82) is 0 Å². The molecular weight excluding hydrogens is 1140 g/mol. The third kappa shape index (κ3) is 70.8. The van der Waals surface area contributed by atoms with Crippen LogP contribution in [-0.4, -0.2) is 69.4 Å². The lowest BCUT2D eigenvalue weighted by molar-refractivity contribution is -0.870. The Bertz CT molecular complexity index is 1930. The lowest BCUT2D eigenvalue weighted by Crippen LogP contribution is -2.47. The van der Waals surface area contributed by atoms with Crippen LogP contribution in [0.25, 0.3) is 0 Å². The molecule has 0 aromatic rings. The molecule has 0 rings (SSSR count). The van der Waals surface area contributed by atoms with Crippen molar-refractivity contribution in [2.24, 2.45) is 0 Å². The van der Waals surface area contributed by atoms with Crippen molar-refractivity contribution in [2.45, 2.75) is 354 Å². The first-order valence-corrected chi connectivity index (χ1v) is 39.7. The van der Waals surface area contributed by atoms with Crippen LogP contribution >= 0.6 is 7.82 Å². The highest BCUT2D eigenvalue weighted by molar-refractivity contribution is 7.45. The number of esters is 1. The van der Waals surface area contributed by atoms with Crippen LogP contribution in [0.5, 0.6) is 0 Å². The van der Waals surface area contributed by atoms with Gasteiger partial charge in [-0.1, -0.05) is 317 Å². The summed E-state index contributed by atoms with van der Waals surface area (Å²) in [6.07, 6.45) is 96.4. The van der Waals surface area contributed by atoms with Gasteiger partial charge in [0.25, 0.3) is 7.82 Å². The summed E-state index contributed by atoms with van der Waals surface area (Å²) >= 11 is 0. The summed E-state index contributed by atoms with van der Waals surface area (Å²) in [6, 6.07) is -0.901. The molecule has 0 saturated heterocycles. The topological polar surface area (TPSA) is 114 Å². The molecule has 0 aliphatic carbocycles. The van der Waals surface area contributed by atoms with Gasteiger partial charge in [0, 0.05) is 12.8 Å². The first-order valence-electron chi connectivity index (χ1n) is 38.2. The fourth-order valence-corrected chi connectivity index (χ4v) is 11.5. The second kappa shape index (κ2) is 69.5. The van der Waals surface area contributed by atoms with Crippen LogP contribution in [0.4, 0.5) is 0 Å². The zero-order chi connectivity index (χ0) is 66.3. The lowest BCUT2D eigenvalue weighted by atomic mass is 10.0. The van der Waals surface area contributed by atoms with Crippen molar-refractivity contribution in [3.05, 3.63) is 109 Å². The Hall–Kier alpha value is -3.33. The van der Waals surface area contributed by atoms with Crippen molar-refractivity contribution in [1.82, 2.24) is 5.32 Å². The second-order valence-corrected chi connectivity index (χ2v) is 28.2. The molecule has 0 aliphatic heterocycles. The Kier molecular flexibility index (Phi) is 67.0. The van der Waals surface area contributed by atoms with Crippen molar-refractivity contribution in [3.8, 4) is 0 Å². The van der Waals surface area contributed by atoms with Crippen LogP contribution in [0, 0.1) is 0 Å². The van der Waals surface area contributed by atoms with Gasteiger partial charge in [-0.15, -0.1) is 0 Å². The van der Waals surface area contributed by atoms with E-state index in [1.807, 2.05) is 33.3 Å². The van der Waals surface area contributed by atoms with Gasteiger partial charge in [-0.25, -0.2) is 0 Å². The van der Waals surface area contributed by atoms with Crippen molar-refractivity contribution >= 4 is 19.7 Å². The molecule has 1 N–H and O–H groups in total. The third-order valence-electron chi connectivity index (χ3n) is 16.7. The standard InChI is InChI=1S/C81H145N2O7P/c1-7-10-13-16-19-22-25-28-30-32-34-36-38-40-41-43-45-47-49-51-53-56-59-62-65-68-71-74-81(85)90-79(72-69-66-63-60-57-54-27-24-21-18-15-12-9-3)78(77-89-91(86,87)88-76-75-83(4,5)6)82-80(84)73-70-67-64-61-58-55-52-50-48-46-44-42-39-37-35-33-31-29-26-23-20-17-14-11-8-2/h19-20,22-23,28-31,34-37,40-42,44,69,72,78-79H,7-18,21,24-27,32-33,38-39,43,45-68,70-71,73-77H2,1-6H3,(H-,82,84,86,87)/b22-19-,23-20-,30-28-,31-29-,36-34-,37-35-,41-40-,44-42-,72-69+. The zero-order valence-electron chi connectivity index (χ0n) is 60.3. The van der Waals surface area contributed by atoms with E-state index in [2.05, 4.69) is 123 Å². The monoisotopic (exact) mass is 1290 g/mol. The Morgan fingerprint density at radius 2 is 0.670 bits per heavy atom. The van der Waals surface area contributed by atoms with Gasteiger partial charge in [-0.05, 0) is 122 Å². The van der Waals surface area contributed by atoms with Gasteiger partial charge in [0.15, 0.2) is 0 Å². The molecule has 0 fully saturated rings. The highest BCUT2D eigenvalue weighted by atomic mass is 31.2. The third-order valence-corrected chi connectivity index (χ3v) is 17.6. The van der Waals surface area contributed by atoms with E-state index in [1.165, 1.54) is 193 Å². The first-order chi connectivity index (χ1) is 44.4. The maximum atomic E-state index is 13.6. The summed E-state index contributed by atoms with van der Waals surface area (Å²) in [6.45, 7) is 6.81. The first kappa shape index (κ1) is 87.7. The molecular formula is C81H145N2O7P. The van der Waals surface area contributed by atoms with Gasteiger partial charge < -0.3 is 28.5 Å². The Balaban J connectivity index is 5.06. The molecule has 0 aliphatic rings. The molecule has 3 unspecified atom stereocenters.